The first-order valence-corrected chi connectivity index (χ1v) is 10.6. The Labute approximate surface area is 164 Å². The number of sulfonamides is 1. The van der Waals surface area contributed by atoms with Crippen LogP contribution in [0.3, 0.4) is 0 Å². The fraction of sp³-hybridized carbons (Fsp3) is 0.278. The third-order valence-corrected chi connectivity index (χ3v) is 5.54. The van der Waals surface area contributed by atoms with Gasteiger partial charge in [0, 0.05) is 16.6 Å². The Kier molecular flexibility index (Phi) is 6.92. The van der Waals surface area contributed by atoms with Crippen LogP contribution in [-0.4, -0.2) is 33.2 Å². The van der Waals surface area contributed by atoms with Crippen LogP contribution in [-0.2, 0) is 21.2 Å². The van der Waals surface area contributed by atoms with Crippen molar-refractivity contribution < 1.29 is 13.2 Å². The van der Waals surface area contributed by atoms with Crippen LogP contribution in [0.15, 0.2) is 48.5 Å². The third kappa shape index (κ3) is 5.62. The van der Waals surface area contributed by atoms with Gasteiger partial charge in [-0.05, 0) is 55.3 Å². The number of hydrogen-bond acceptors (Lipinski definition) is 3. The highest BCUT2D eigenvalue weighted by Gasteiger charge is 2.28. The molecule has 0 radical (unpaired) electrons. The second-order valence-electron chi connectivity index (χ2n) is 5.88. The number of carbonyl (C=O) groups is 1. The SMILES string of the molecule is CC(C(=O)NCCc1ccc(Cl)cc1)N(c1ccc(Cl)cc1)S(C)(=O)=O. The molecule has 5 nitrogen and oxygen atoms in total. The molecule has 140 valence electrons. The standard InChI is InChI=1S/C18H20Cl2N2O3S/c1-13(18(23)21-12-11-14-3-5-15(19)6-4-14)22(26(2,24)25)17-9-7-16(20)8-10-17/h3-10,13H,11-12H2,1-2H3,(H,21,23). The maximum absolute atomic E-state index is 12.5. The van der Waals surface area contributed by atoms with Gasteiger partial charge in [-0.2, -0.15) is 0 Å². The molecule has 1 unspecified atom stereocenters. The molecule has 26 heavy (non-hydrogen) atoms. The summed E-state index contributed by atoms with van der Waals surface area (Å²) in [7, 11) is -3.64. The van der Waals surface area contributed by atoms with Crippen molar-refractivity contribution in [1.82, 2.24) is 5.32 Å². The number of nitrogens with zero attached hydrogens (tertiary/aromatic N) is 1. The Morgan fingerprint density at radius 2 is 1.54 bits per heavy atom. The predicted octanol–water partition coefficient (Wildman–Crippen LogP) is 3.51. The van der Waals surface area contributed by atoms with Gasteiger partial charge in [-0.3, -0.25) is 9.10 Å². The van der Waals surface area contributed by atoms with Gasteiger partial charge in [0.2, 0.25) is 15.9 Å². The highest BCUT2D eigenvalue weighted by molar-refractivity contribution is 7.92. The molecule has 0 aliphatic rings. The maximum Gasteiger partial charge on any atom is 0.243 e. The molecule has 1 atom stereocenters. The molecule has 1 N–H and O–H groups in total. The normalized spacial score (nSPS) is 12.5. The van der Waals surface area contributed by atoms with E-state index in [1.807, 2.05) is 12.1 Å². The Morgan fingerprint density at radius 3 is 2.04 bits per heavy atom. The summed E-state index contributed by atoms with van der Waals surface area (Å²) in [5.41, 5.74) is 1.41. The number of carbonyl (C=O) groups excluding carboxylic acids is 1. The molecule has 0 saturated carbocycles. The Hall–Kier alpha value is -1.76. The van der Waals surface area contributed by atoms with Gasteiger partial charge in [0.15, 0.2) is 0 Å². The number of hydrogen-bond donors (Lipinski definition) is 1. The summed E-state index contributed by atoms with van der Waals surface area (Å²) < 4.78 is 25.5. The van der Waals surface area contributed by atoms with E-state index in [1.54, 1.807) is 43.3 Å². The van der Waals surface area contributed by atoms with Crippen molar-refractivity contribution >= 4 is 44.8 Å². The largest absolute Gasteiger partial charge is 0.354 e. The molecule has 2 rings (SSSR count). The van der Waals surface area contributed by atoms with Gasteiger partial charge in [0.05, 0.1) is 11.9 Å². The fourth-order valence-corrected chi connectivity index (χ4v) is 3.95. The number of halogens is 2. The van der Waals surface area contributed by atoms with Gasteiger partial charge in [0.1, 0.15) is 6.04 Å². The lowest BCUT2D eigenvalue weighted by molar-refractivity contribution is -0.121. The van der Waals surface area contributed by atoms with Crippen molar-refractivity contribution in [3.63, 3.8) is 0 Å². The topological polar surface area (TPSA) is 66.5 Å². The van der Waals surface area contributed by atoms with Crippen LogP contribution in [0.5, 0.6) is 0 Å². The van der Waals surface area contributed by atoms with E-state index >= 15 is 0 Å². The fourth-order valence-electron chi connectivity index (χ4n) is 2.53. The molecule has 0 saturated heterocycles. The van der Waals surface area contributed by atoms with E-state index in [-0.39, 0.29) is 5.91 Å². The van der Waals surface area contributed by atoms with Crippen molar-refractivity contribution in [2.45, 2.75) is 19.4 Å². The van der Waals surface area contributed by atoms with E-state index in [2.05, 4.69) is 5.32 Å². The van der Waals surface area contributed by atoms with Gasteiger partial charge in [-0.1, -0.05) is 35.3 Å². The van der Waals surface area contributed by atoms with E-state index in [0.717, 1.165) is 16.1 Å². The summed E-state index contributed by atoms with van der Waals surface area (Å²) in [6, 6.07) is 12.8. The quantitative estimate of drug-likeness (QED) is 0.753. The predicted molar refractivity (Wildman–Crippen MR) is 106 cm³/mol. The van der Waals surface area contributed by atoms with E-state index in [1.165, 1.54) is 0 Å². The summed E-state index contributed by atoms with van der Waals surface area (Å²) in [4.78, 5) is 12.5. The van der Waals surface area contributed by atoms with E-state index in [9.17, 15) is 13.2 Å². The van der Waals surface area contributed by atoms with Crippen molar-refractivity contribution in [1.29, 1.82) is 0 Å². The lowest BCUT2D eigenvalue weighted by Crippen LogP contribution is -2.48. The molecule has 0 spiro atoms. The molecule has 0 fully saturated rings. The first-order chi connectivity index (χ1) is 12.2. The minimum absolute atomic E-state index is 0.376. The first kappa shape index (κ1) is 20.6. The molecule has 2 aromatic rings. The number of rotatable bonds is 7. The summed E-state index contributed by atoms with van der Waals surface area (Å²) in [5, 5.41) is 3.91. The smallest absolute Gasteiger partial charge is 0.243 e. The highest BCUT2D eigenvalue weighted by atomic mass is 35.5. The van der Waals surface area contributed by atoms with Crippen LogP contribution in [0.2, 0.25) is 10.0 Å². The minimum Gasteiger partial charge on any atom is -0.354 e. The van der Waals surface area contributed by atoms with Crippen molar-refractivity contribution in [3.05, 3.63) is 64.1 Å². The highest BCUT2D eigenvalue weighted by Crippen LogP contribution is 2.23. The summed E-state index contributed by atoms with van der Waals surface area (Å²) in [5.74, 6) is -0.376. The van der Waals surface area contributed by atoms with Crippen molar-refractivity contribution in [2.24, 2.45) is 0 Å². The molecule has 0 aromatic heterocycles. The van der Waals surface area contributed by atoms with Gasteiger partial charge in [0.25, 0.3) is 0 Å². The summed E-state index contributed by atoms with van der Waals surface area (Å²) in [6.45, 7) is 1.94. The monoisotopic (exact) mass is 414 g/mol. The van der Waals surface area contributed by atoms with Gasteiger partial charge < -0.3 is 5.32 Å². The van der Waals surface area contributed by atoms with Crippen molar-refractivity contribution in [3.8, 4) is 0 Å². The van der Waals surface area contributed by atoms with Gasteiger partial charge in [-0.15, -0.1) is 0 Å². The van der Waals surface area contributed by atoms with Crippen LogP contribution >= 0.6 is 23.2 Å². The summed E-state index contributed by atoms with van der Waals surface area (Å²) >= 11 is 11.7. The Balaban J connectivity index is 2.05. The van der Waals surface area contributed by atoms with E-state index in [4.69, 9.17) is 23.2 Å². The molecular formula is C18H20Cl2N2O3S. The summed E-state index contributed by atoms with van der Waals surface area (Å²) in [6.07, 6.45) is 1.69. The average molecular weight is 415 g/mol. The van der Waals surface area contributed by atoms with Crippen molar-refractivity contribution in [2.75, 3.05) is 17.1 Å². The minimum atomic E-state index is -3.64. The zero-order valence-corrected chi connectivity index (χ0v) is 16.8. The maximum atomic E-state index is 12.5. The number of benzene rings is 2. The number of anilines is 1. The second kappa shape index (κ2) is 8.75. The third-order valence-electron chi connectivity index (χ3n) is 3.80. The molecule has 0 bridgehead atoms. The van der Waals surface area contributed by atoms with Crippen LogP contribution in [0.4, 0.5) is 5.69 Å². The molecule has 0 aliphatic heterocycles. The molecule has 1 amide bonds. The Bertz CT molecular complexity index is 853. The molecule has 8 heteroatoms. The second-order valence-corrected chi connectivity index (χ2v) is 8.61. The molecule has 0 heterocycles. The lowest BCUT2D eigenvalue weighted by Gasteiger charge is -2.28. The van der Waals surface area contributed by atoms with Crippen LogP contribution in [0, 0.1) is 0 Å². The first-order valence-electron chi connectivity index (χ1n) is 7.95. The van der Waals surface area contributed by atoms with E-state index in [0.29, 0.717) is 28.7 Å². The molecular weight excluding hydrogens is 395 g/mol. The number of amides is 1. The van der Waals surface area contributed by atoms with Gasteiger partial charge in [-0.25, -0.2) is 8.42 Å². The lowest BCUT2D eigenvalue weighted by atomic mass is 10.1. The van der Waals surface area contributed by atoms with Crippen LogP contribution in [0.25, 0.3) is 0 Å². The zero-order chi connectivity index (χ0) is 19.3. The molecule has 0 aliphatic carbocycles. The number of nitrogens with one attached hydrogen (secondary N) is 1. The van der Waals surface area contributed by atoms with E-state index < -0.39 is 16.1 Å². The van der Waals surface area contributed by atoms with Crippen LogP contribution < -0.4 is 9.62 Å². The zero-order valence-electron chi connectivity index (χ0n) is 14.4. The van der Waals surface area contributed by atoms with Crippen LogP contribution in [0.1, 0.15) is 12.5 Å². The average Bonchev–Trinajstić information content (AvgIpc) is 2.57. The molecule has 2 aromatic carbocycles. The van der Waals surface area contributed by atoms with Gasteiger partial charge >= 0.3 is 0 Å². The Morgan fingerprint density at radius 1 is 1.04 bits per heavy atom.